The second-order valence-corrected chi connectivity index (χ2v) is 13.4. The summed E-state index contributed by atoms with van der Waals surface area (Å²) in [6.45, 7) is 14.3. The average molecular weight is 429 g/mol. The Morgan fingerprint density at radius 3 is 2.36 bits per heavy atom. The summed E-state index contributed by atoms with van der Waals surface area (Å²) >= 11 is 3.42. The standard InChI is InChI=1S/C17H29BrN4O2Si/c1-8-22-10-12(15(23)13-9-21(5)20-16(13)18)14(19-22)11-24-25(6,7)17(2,3)4/h9-10,15,23H,8,11H2,1-7H3. The molecule has 140 valence electrons. The lowest BCUT2D eigenvalue weighted by Gasteiger charge is -2.36. The zero-order valence-electron chi connectivity index (χ0n) is 16.2. The van der Waals surface area contributed by atoms with Crippen LogP contribution in [-0.2, 0) is 24.6 Å². The predicted molar refractivity (Wildman–Crippen MR) is 105 cm³/mol. The van der Waals surface area contributed by atoms with Gasteiger partial charge in [-0.15, -0.1) is 0 Å². The Hall–Kier alpha value is -0.963. The molecule has 6 nitrogen and oxygen atoms in total. The number of halogens is 1. The minimum absolute atomic E-state index is 0.130. The molecule has 0 saturated heterocycles. The second kappa shape index (κ2) is 7.34. The number of aromatic nitrogens is 4. The summed E-state index contributed by atoms with van der Waals surface area (Å²) in [6.07, 6.45) is 2.92. The Morgan fingerprint density at radius 2 is 1.88 bits per heavy atom. The molecule has 0 amide bonds. The molecular weight excluding hydrogens is 400 g/mol. The summed E-state index contributed by atoms with van der Waals surface area (Å²) in [5, 5.41) is 19.9. The van der Waals surface area contributed by atoms with E-state index in [1.807, 2.05) is 31.0 Å². The third-order valence-corrected chi connectivity index (χ3v) is 10.1. The molecule has 0 aliphatic carbocycles. The van der Waals surface area contributed by atoms with E-state index in [1.165, 1.54) is 0 Å². The van der Waals surface area contributed by atoms with E-state index in [-0.39, 0.29) is 5.04 Å². The van der Waals surface area contributed by atoms with Gasteiger partial charge in [0.15, 0.2) is 8.32 Å². The normalized spacial score (nSPS) is 14.1. The third kappa shape index (κ3) is 4.42. The Labute approximate surface area is 159 Å². The third-order valence-electron chi connectivity index (χ3n) is 4.97. The highest BCUT2D eigenvalue weighted by molar-refractivity contribution is 9.10. The van der Waals surface area contributed by atoms with Gasteiger partial charge in [0.05, 0.1) is 12.3 Å². The molecule has 2 rings (SSSR count). The van der Waals surface area contributed by atoms with Crippen LogP contribution in [-0.4, -0.2) is 33.0 Å². The average Bonchev–Trinajstić information content (AvgIpc) is 3.06. The molecule has 0 aliphatic heterocycles. The molecule has 0 aromatic carbocycles. The van der Waals surface area contributed by atoms with Crippen molar-refractivity contribution in [3.8, 4) is 0 Å². The second-order valence-electron chi connectivity index (χ2n) is 7.89. The number of hydrogen-bond acceptors (Lipinski definition) is 4. The highest BCUT2D eigenvalue weighted by atomic mass is 79.9. The molecule has 0 fully saturated rings. The molecule has 25 heavy (non-hydrogen) atoms. The van der Waals surface area contributed by atoms with Gasteiger partial charge in [-0.2, -0.15) is 10.2 Å². The van der Waals surface area contributed by atoms with E-state index < -0.39 is 14.4 Å². The number of aliphatic hydroxyl groups excluding tert-OH is 1. The van der Waals surface area contributed by atoms with Gasteiger partial charge < -0.3 is 9.53 Å². The van der Waals surface area contributed by atoms with E-state index in [0.717, 1.165) is 23.4 Å². The molecule has 1 unspecified atom stereocenters. The van der Waals surface area contributed by atoms with Gasteiger partial charge in [0.1, 0.15) is 10.7 Å². The summed E-state index contributed by atoms with van der Waals surface area (Å²) in [4.78, 5) is 0. The molecule has 0 bridgehead atoms. The molecule has 1 N–H and O–H groups in total. The Morgan fingerprint density at radius 1 is 1.24 bits per heavy atom. The van der Waals surface area contributed by atoms with Crippen LogP contribution in [0.15, 0.2) is 17.0 Å². The largest absolute Gasteiger partial charge is 0.411 e. The number of nitrogens with zero attached hydrogens (tertiary/aromatic N) is 4. The van der Waals surface area contributed by atoms with Crippen molar-refractivity contribution in [1.82, 2.24) is 19.6 Å². The maximum absolute atomic E-state index is 10.9. The van der Waals surface area contributed by atoms with Gasteiger partial charge in [0.2, 0.25) is 0 Å². The van der Waals surface area contributed by atoms with Crippen molar-refractivity contribution >= 4 is 24.2 Å². The minimum atomic E-state index is -1.89. The van der Waals surface area contributed by atoms with Gasteiger partial charge >= 0.3 is 0 Å². The fourth-order valence-electron chi connectivity index (χ4n) is 2.28. The van der Waals surface area contributed by atoms with Gasteiger partial charge in [-0.1, -0.05) is 20.8 Å². The number of hydrogen-bond donors (Lipinski definition) is 1. The molecule has 0 aliphatic rings. The van der Waals surface area contributed by atoms with Crippen LogP contribution in [0.3, 0.4) is 0 Å². The van der Waals surface area contributed by atoms with Crippen LogP contribution in [0.2, 0.25) is 18.1 Å². The van der Waals surface area contributed by atoms with Gasteiger partial charge in [-0.05, 0) is 41.0 Å². The zero-order valence-corrected chi connectivity index (χ0v) is 18.8. The van der Waals surface area contributed by atoms with Crippen molar-refractivity contribution in [2.24, 2.45) is 7.05 Å². The molecule has 1 atom stereocenters. The molecule has 8 heteroatoms. The van der Waals surface area contributed by atoms with E-state index in [2.05, 4.69) is 60.0 Å². The van der Waals surface area contributed by atoms with Crippen LogP contribution in [0.1, 0.15) is 50.6 Å². The quantitative estimate of drug-likeness (QED) is 0.705. The Balaban J connectivity index is 2.30. The van der Waals surface area contributed by atoms with E-state index in [0.29, 0.717) is 11.2 Å². The van der Waals surface area contributed by atoms with E-state index in [9.17, 15) is 5.11 Å². The van der Waals surface area contributed by atoms with E-state index in [1.54, 1.807) is 4.68 Å². The van der Waals surface area contributed by atoms with E-state index >= 15 is 0 Å². The first-order valence-corrected chi connectivity index (χ1v) is 12.2. The fraction of sp³-hybridized carbons (Fsp3) is 0.647. The first kappa shape index (κ1) is 20.4. The van der Waals surface area contributed by atoms with Crippen LogP contribution in [0.25, 0.3) is 0 Å². The summed E-state index contributed by atoms with van der Waals surface area (Å²) in [7, 11) is -0.0577. The Bertz CT molecular complexity index is 734. The van der Waals surface area contributed by atoms with Gasteiger partial charge in [-0.25, -0.2) is 0 Å². The minimum Gasteiger partial charge on any atom is -0.411 e. The maximum Gasteiger partial charge on any atom is 0.192 e. The Kier molecular flexibility index (Phi) is 5.98. The smallest absolute Gasteiger partial charge is 0.192 e. The van der Waals surface area contributed by atoms with Crippen molar-refractivity contribution in [1.29, 1.82) is 0 Å². The van der Waals surface area contributed by atoms with Gasteiger partial charge in [-0.3, -0.25) is 9.36 Å². The molecule has 2 aromatic heterocycles. The molecule has 2 aromatic rings. The van der Waals surface area contributed by atoms with Crippen molar-refractivity contribution in [3.05, 3.63) is 33.8 Å². The summed E-state index contributed by atoms with van der Waals surface area (Å²) in [6, 6.07) is 0. The van der Waals surface area contributed by atoms with Crippen LogP contribution >= 0.6 is 15.9 Å². The number of aliphatic hydroxyl groups is 1. The summed E-state index contributed by atoms with van der Waals surface area (Å²) in [5.74, 6) is 0. The van der Waals surface area contributed by atoms with Crippen molar-refractivity contribution in [2.75, 3.05) is 0 Å². The fourth-order valence-corrected chi connectivity index (χ4v) is 3.78. The molecule has 0 radical (unpaired) electrons. The monoisotopic (exact) mass is 428 g/mol. The van der Waals surface area contributed by atoms with Crippen molar-refractivity contribution < 1.29 is 9.53 Å². The van der Waals surface area contributed by atoms with E-state index in [4.69, 9.17) is 4.43 Å². The maximum atomic E-state index is 10.9. The predicted octanol–water partition coefficient (Wildman–Crippen LogP) is 4.00. The number of rotatable bonds is 6. The highest BCUT2D eigenvalue weighted by Gasteiger charge is 2.37. The molecule has 0 spiro atoms. The summed E-state index contributed by atoms with van der Waals surface area (Å²) in [5.41, 5.74) is 2.29. The van der Waals surface area contributed by atoms with Gasteiger partial charge in [0, 0.05) is 37.1 Å². The van der Waals surface area contributed by atoms with Crippen LogP contribution in [0, 0.1) is 0 Å². The topological polar surface area (TPSA) is 65.1 Å². The van der Waals surface area contributed by atoms with Crippen molar-refractivity contribution in [3.63, 3.8) is 0 Å². The SMILES string of the molecule is CCn1cc(C(O)c2cn(C)nc2Br)c(CO[Si](C)(C)C(C)(C)C)n1. The number of aryl methyl sites for hydroxylation is 2. The van der Waals surface area contributed by atoms with Crippen LogP contribution in [0.4, 0.5) is 0 Å². The summed E-state index contributed by atoms with van der Waals surface area (Å²) < 4.78 is 10.5. The highest BCUT2D eigenvalue weighted by Crippen LogP contribution is 2.37. The molecule has 0 saturated carbocycles. The molecule has 2 heterocycles. The van der Waals surface area contributed by atoms with Crippen LogP contribution < -0.4 is 0 Å². The van der Waals surface area contributed by atoms with Crippen molar-refractivity contribution in [2.45, 2.75) is 65.1 Å². The first-order chi connectivity index (χ1) is 11.5. The van der Waals surface area contributed by atoms with Gasteiger partial charge in [0.25, 0.3) is 0 Å². The van der Waals surface area contributed by atoms with Crippen LogP contribution in [0.5, 0.6) is 0 Å². The zero-order chi connectivity index (χ0) is 19.0. The lowest BCUT2D eigenvalue weighted by Crippen LogP contribution is -2.40. The first-order valence-electron chi connectivity index (χ1n) is 8.53. The lowest BCUT2D eigenvalue weighted by atomic mass is 10.1. The molecular formula is C17H29BrN4O2Si. The lowest BCUT2D eigenvalue weighted by molar-refractivity contribution is 0.212.